The normalized spacial score (nSPS) is 18.5. The Balaban J connectivity index is 1.82. The molecule has 2 aromatic carbocycles. The number of nitrogens with zero attached hydrogens (tertiary/aromatic N) is 1. The van der Waals surface area contributed by atoms with E-state index in [4.69, 9.17) is 0 Å². The molecule has 0 amide bonds. The molecule has 0 aliphatic carbocycles. The van der Waals surface area contributed by atoms with Crippen molar-refractivity contribution >= 4 is 27.4 Å². The van der Waals surface area contributed by atoms with Crippen LogP contribution in [0.4, 0.5) is 5.69 Å². The Bertz CT molecular complexity index is 917. The molecule has 0 radical (unpaired) electrons. The average Bonchev–Trinajstić information content (AvgIpc) is 3.27. The lowest BCUT2D eigenvalue weighted by Gasteiger charge is -2.22. The number of nitrogens with one attached hydrogen (secondary N) is 1. The van der Waals surface area contributed by atoms with Crippen LogP contribution in [0.15, 0.2) is 53.4 Å². The minimum atomic E-state index is -0.984. The molecular formula is C21H24N2O2S. The molecule has 1 aromatic heterocycles. The van der Waals surface area contributed by atoms with Crippen molar-refractivity contribution in [3.8, 4) is 11.3 Å². The van der Waals surface area contributed by atoms with E-state index in [2.05, 4.69) is 47.1 Å². The largest absolute Gasteiger partial charge is 0.391 e. The van der Waals surface area contributed by atoms with Crippen LogP contribution in [0, 0.1) is 0 Å². The van der Waals surface area contributed by atoms with Crippen LogP contribution in [0.1, 0.15) is 19.8 Å². The molecule has 2 atom stereocenters. The van der Waals surface area contributed by atoms with Crippen LogP contribution >= 0.6 is 0 Å². The zero-order valence-electron chi connectivity index (χ0n) is 14.9. The Labute approximate surface area is 156 Å². The Morgan fingerprint density at radius 1 is 1.23 bits per heavy atom. The van der Waals surface area contributed by atoms with Gasteiger partial charge in [-0.05, 0) is 43.2 Å². The van der Waals surface area contributed by atoms with Gasteiger partial charge in [-0.1, -0.05) is 25.1 Å². The number of β-amino-alcohol motifs (C(OH)–C–C–N with tert-alkyl or cyclic N) is 1. The molecule has 136 valence electrons. The predicted molar refractivity (Wildman–Crippen MR) is 108 cm³/mol. The van der Waals surface area contributed by atoms with Gasteiger partial charge in [0.1, 0.15) is 0 Å². The van der Waals surface area contributed by atoms with E-state index in [-0.39, 0.29) is 6.10 Å². The van der Waals surface area contributed by atoms with Crippen LogP contribution in [0.5, 0.6) is 0 Å². The first-order chi connectivity index (χ1) is 12.7. The molecule has 3 aromatic rings. The predicted octanol–water partition coefficient (Wildman–Crippen LogP) is 3.92. The number of benzene rings is 2. The van der Waals surface area contributed by atoms with E-state index in [0.29, 0.717) is 12.3 Å². The second-order valence-corrected chi connectivity index (χ2v) is 8.46. The number of aliphatic hydroxyl groups is 1. The van der Waals surface area contributed by atoms with Crippen molar-refractivity contribution in [2.75, 3.05) is 23.7 Å². The quantitative estimate of drug-likeness (QED) is 0.718. The SMILES string of the molecule is CCCS(=O)c1ccc(N2CCC(O)C2)c(-c2cc3ccccc3[nH]2)c1. The number of aromatic amines is 1. The van der Waals surface area contributed by atoms with Gasteiger partial charge in [-0.15, -0.1) is 0 Å². The molecule has 4 nitrogen and oxygen atoms in total. The number of aromatic nitrogens is 1. The Kier molecular flexibility index (Phi) is 4.83. The number of anilines is 1. The maximum Gasteiger partial charge on any atom is 0.0731 e. The van der Waals surface area contributed by atoms with Crippen molar-refractivity contribution in [1.29, 1.82) is 0 Å². The first kappa shape index (κ1) is 17.3. The molecule has 5 heteroatoms. The summed E-state index contributed by atoms with van der Waals surface area (Å²) < 4.78 is 12.5. The molecule has 1 aliphatic rings. The van der Waals surface area contributed by atoms with Crippen LogP contribution in [0.2, 0.25) is 0 Å². The fourth-order valence-corrected chi connectivity index (χ4v) is 4.71. The number of para-hydroxylation sites is 1. The monoisotopic (exact) mass is 368 g/mol. The summed E-state index contributed by atoms with van der Waals surface area (Å²) in [5.74, 6) is 0.675. The third-order valence-corrected chi connectivity index (χ3v) is 6.50. The number of aliphatic hydroxyl groups excluding tert-OH is 1. The Morgan fingerprint density at radius 2 is 2.08 bits per heavy atom. The van der Waals surface area contributed by atoms with Crippen molar-refractivity contribution in [2.24, 2.45) is 0 Å². The molecule has 2 heterocycles. The Morgan fingerprint density at radius 3 is 2.81 bits per heavy atom. The van der Waals surface area contributed by atoms with E-state index in [0.717, 1.165) is 52.1 Å². The molecule has 2 unspecified atom stereocenters. The number of H-pyrrole nitrogens is 1. The standard InChI is InChI=1S/C21H24N2O2S/c1-2-11-26(25)17-7-8-21(23-10-9-16(24)14-23)18(13-17)20-12-15-5-3-4-6-19(15)22-20/h3-8,12-13,16,22,24H,2,9-11,14H2,1H3. The summed E-state index contributed by atoms with van der Waals surface area (Å²) in [6.07, 6.45) is 1.41. The second-order valence-electron chi connectivity index (χ2n) is 6.89. The van der Waals surface area contributed by atoms with E-state index in [1.54, 1.807) is 0 Å². The lowest BCUT2D eigenvalue weighted by atomic mass is 10.1. The van der Waals surface area contributed by atoms with E-state index in [1.807, 2.05) is 18.2 Å². The molecule has 0 spiro atoms. The summed E-state index contributed by atoms with van der Waals surface area (Å²) in [5.41, 5.74) is 4.26. The van der Waals surface area contributed by atoms with Gasteiger partial charge in [-0.25, -0.2) is 0 Å². The number of rotatable bonds is 5. The van der Waals surface area contributed by atoms with Crippen molar-refractivity contribution in [3.63, 3.8) is 0 Å². The molecule has 2 N–H and O–H groups in total. The van der Waals surface area contributed by atoms with Crippen LogP contribution in [0.25, 0.3) is 22.2 Å². The molecule has 1 saturated heterocycles. The van der Waals surface area contributed by atoms with Gasteiger partial charge in [0.25, 0.3) is 0 Å². The number of fused-ring (bicyclic) bond motifs is 1. The molecule has 1 fully saturated rings. The highest BCUT2D eigenvalue weighted by atomic mass is 32.2. The molecular weight excluding hydrogens is 344 g/mol. The summed E-state index contributed by atoms with van der Waals surface area (Å²) in [5, 5.41) is 11.1. The van der Waals surface area contributed by atoms with Crippen LogP contribution in [-0.4, -0.2) is 39.2 Å². The van der Waals surface area contributed by atoms with Crippen molar-refractivity contribution in [3.05, 3.63) is 48.5 Å². The van der Waals surface area contributed by atoms with Crippen molar-refractivity contribution in [1.82, 2.24) is 4.98 Å². The van der Waals surface area contributed by atoms with Crippen molar-refractivity contribution < 1.29 is 9.32 Å². The lowest BCUT2D eigenvalue weighted by molar-refractivity contribution is 0.198. The van der Waals surface area contributed by atoms with Crippen LogP contribution in [-0.2, 0) is 10.8 Å². The summed E-state index contributed by atoms with van der Waals surface area (Å²) >= 11 is 0. The third-order valence-electron chi connectivity index (χ3n) is 4.94. The maximum atomic E-state index is 12.5. The number of hydrogen-bond acceptors (Lipinski definition) is 3. The topological polar surface area (TPSA) is 56.3 Å². The number of hydrogen-bond donors (Lipinski definition) is 2. The lowest BCUT2D eigenvalue weighted by Crippen LogP contribution is -2.22. The van der Waals surface area contributed by atoms with E-state index >= 15 is 0 Å². The van der Waals surface area contributed by atoms with Crippen LogP contribution in [0.3, 0.4) is 0 Å². The van der Waals surface area contributed by atoms with Gasteiger partial charge in [-0.2, -0.15) is 0 Å². The average molecular weight is 369 g/mol. The molecule has 4 rings (SSSR count). The van der Waals surface area contributed by atoms with E-state index in [9.17, 15) is 9.32 Å². The summed E-state index contributed by atoms with van der Waals surface area (Å²) in [7, 11) is -0.984. The first-order valence-corrected chi connectivity index (χ1v) is 10.5. The third kappa shape index (κ3) is 3.29. The van der Waals surface area contributed by atoms with Gasteiger partial charge in [-0.3, -0.25) is 4.21 Å². The van der Waals surface area contributed by atoms with E-state index in [1.165, 1.54) is 0 Å². The smallest absolute Gasteiger partial charge is 0.0731 e. The minimum absolute atomic E-state index is 0.278. The van der Waals surface area contributed by atoms with Crippen molar-refractivity contribution in [2.45, 2.75) is 30.8 Å². The zero-order chi connectivity index (χ0) is 18.1. The maximum absolute atomic E-state index is 12.5. The van der Waals surface area contributed by atoms with Crippen LogP contribution < -0.4 is 4.90 Å². The zero-order valence-corrected chi connectivity index (χ0v) is 15.8. The van der Waals surface area contributed by atoms with Gasteiger partial charge >= 0.3 is 0 Å². The Hall–Kier alpha value is -2.11. The van der Waals surface area contributed by atoms with Gasteiger partial charge < -0.3 is 15.0 Å². The molecule has 26 heavy (non-hydrogen) atoms. The van der Waals surface area contributed by atoms with E-state index < -0.39 is 10.8 Å². The molecule has 0 saturated carbocycles. The highest BCUT2D eigenvalue weighted by Gasteiger charge is 2.24. The molecule has 1 aliphatic heterocycles. The minimum Gasteiger partial charge on any atom is -0.391 e. The highest BCUT2D eigenvalue weighted by Crippen LogP contribution is 2.35. The first-order valence-electron chi connectivity index (χ1n) is 9.19. The molecule has 0 bridgehead atoms. The van der Waals surface area contributed by atoms with Gasteiger partial charge in [0.2, 0.25) is 0 Å². The summed E-state index contributed by atoms with van der Waals surface area (Å²) in [4.78, 5) is 6.58. The fourth-order valence-electron chi connectivity index (χ4n) is 3.63. The summed E-state index contributed by atoms with van der Waals surface area (Å²) in [6.45, 7) is 3.53. The van der Waals surface area contributed by atoms with Gasteiger partial charge in [0, 0.05) is 51.6 Å². The second kappa shape index (κ2) is 7.25. The van der Waals surface area contributed by atoms with Gasteiger partial charge in [0.05, 0.1) is 16.9 Å². The highest BCUT2D eigenvalue weighted by molar-refractivity contribution is 7.85. The van der Waals surface area contributed by atoms with Gasteiger partial charge in [0.15, 0.2) is 0 Å². The fraction of sp³-hybridized carbons (Fsp3) is 0.333. The summed E-state index contributed by atoms with van der Waals surface area (Å²) in [6, 6.07) is 16.4.